The summed E-state index contributed by atoms with van der Waals surface area (Å²) in [5.41, 5.74) is 3.85. The quantitative estimate of drug-likeness (QED) is 0.679. The van der Waals surface area contributed by atoms with E-state index in [1.165, 1.54) is 0 Å². The van der Waals surface area contributed by atoms with Crippen LogP contribution < -0.4 is 5.73 Å². The van der Waals surface area contributed by atoms with Crippen molar-refractivity contribution >= 4 is 16.5 Å². The Morgan fingerprint density at radius 2 is 1.88 bits per heavy atom. The Morgan fingerprint density at radius 1 is 1.29 bits per heavy atom. The highest BCUT2D eigenvalue weighted by molar-refractivity contribution is 7.85. The fourth-order valence-corrected chi connectivity index (χ4v) is 2.09. The highest BCUT2D eigenvalue weighted by atomic mass is 32.2. The first-order valence-corrected chi connectivity index (χ1v) is 5.67. The molecule has 0 aliphatic carbocycles. The largest absolute Gasteiger partial charge is 0.416 e. The number of hydrogen-bond donors (Lipinski definition) is 1. The SMILES string of the molecule is Nc1cc(C(F)(F)F)ccc1S(=O)CC(F)F. The zero-order valence-corrected chi connectivity index (χ0v) is 9.12. The van der Waals surface area contributed by atoms with Gasteiger partial charge in [-0.15, -0.1) is 0 Å². The standard InChI is InChI=1S/C9H8F5NOS/c10-8(11)4-17(16)7-2-1-5(3-6(7)15)9(12,13)14/h1-3,8H,4,15H2. The molecule has 1 rings (SSSR count). The number of rotatable bonds is 3. The van der Waals surface area contributed by atoms with Crippen molar-refractivity contribution in [3.8, 4) is 0 Å². The van der Waals surface area contributed by atoms with E-state index < -0.39 is 40.4 Å². The van der Waals surface area contributed by atoms with Gasteiger partial charge < -0.3 is 5.73 Å². The number of benzene rings is 1. The zero-order valence-electron chi connectivity index (χ0n) is 8.30. The number of hydrogen-bond acceptors (Lipinski definition) is 2. The van der Waals surface area contributed by atoms with Crippen LogP contribution in [0.25, 0.3) is 0 Å². The molecule has 1 aromatic rings. The maximum absolute atomic E-state index is 12.3. The molecule has 0 spiro atoms. The van der Waals surface area contributed by atoms with Gasteiger partial charge in [0.15, 0.2) is 0 Å². The molecule has 0 aliphatic heterocycles. The Labute approximate surface area is 96.1 Å². The van der Waals surface area contributed by atoms with Crippen molar-refractivity contribution in [3.05, 3.63) is 23.8 Å². The maximum Gasteiger partial charge on any atom is 0.416 e. The van der Waals surface area contributed by atoms with Gasteiger partial charge in [0.25, 0.3) is 0 Å². The number of halogens is 5. The summed E-state index contributed by atoms with van der Waals surface area (Å²) in [6.07, 6.45) is -7.38. The second kappa shape index (κ2) is 4.99. The van der Waals surface area contributed by atoms with E-state index in [9.17, 15) is 26.2 Å². The van der Waals surface area contributed by atoms with Gasteiger partial charge in [0, 0.05) is 5.69 Å². The van der Waals surface area contributed by atoms with Gasteiger partial charge in [-0.2, -0.15) is 13.2 Å². The summed E-state index contributed by atoms with van der Waals surface area (Å²) in [5.74, 6) is -0.949. The van der Waals surface area contributed by atoms with Gasteiger partial charge in [-0.3, -0.25) is 4.21 Å². The van der Waals surface area contributed by atoms with Gasteiger partial charge in [0.1, 0.15) is 0 Å². The van der Waals surface area contributed by atoms with Crippen LogP contribution >= 0.6 is 0 Å². The molecule has 2 nitrogen and oxygen atoms in total. The van der Waals surface area contributed by atoms with Crippen LogP contribution in [0.15, 0.2) is 23.1 Å². The summed E-state index contributed by atoms with van der Waals surface area (Å²) in [6, 6.07) is 2.10. The number of anilines is 1. The molecule has 1 aromatic carbocycles. The van der Waals surface area contributed by atoms with Gasteiger partial charge in [-0.1, -0.05) is 0 Å². The lowest BCUT2D eigenvalue weighted by Crippen LogP contribution is -2.11. The van der Waals surface area contributed by atoms with Crippen LogP contribution in [0, 0.1) is 0 Å². The van der Waals surface area contributed by atoms with E-state index in [-0.39, 0.29) is 4.90 Å². The summed E-state index contributed by atoms with van der Waals surface area (Å²) in [4.78, 5) is -0.210. The van der Waals surface area contributed by atoms with Crippen LogP contribution in [-0.2, 0) is 17.0 Å². The lowest BCUT2D eigenvalue weighted by molar-refractivity contribution is -0.137. The monoisotopic (exact) mass is 273 g/mol. The van der Waals surface area contributed by atoms with E-state index in [2.05, 4.69) is 0 Å². The fraction of sp³-hybridized carbons (Fsp3) is 0.333. The molecule has 0 aromatic heterocycles. The molecule has 2 N–H and O–H groups in total. The van der Waals surface area contributed by atoms with Crippen molar-refractivity contribution in [1.29, 1.82) is 0 Å². The molecule has 0 aliphatic rings. The van der Waals surface area contributed by atoms with Gasteiger partial charge in [0.2, 0.25) is 6.43 Å². The molecule has 0 amide bonds. The molecule has 1 atom stereocenters. The summed E-state index contributed by atoms with van der Waals surface area (Å²) >= 11 is 0. The minimum absolute atomic E-state index is 0.210. The third-order valence-electron chi connectivity index (χ3n) is 1.86. The van der Waals surface area contributed by atoms with Crippen LogP contribution in [-0.4, -0.2) is 16.4 Å². The fourth-order valence-electron chi connectivity index (χ4n) is 1.14. The predicted molar refractivity (Wildman–Crippen MR) is 53.1 cm³/mol. The van der Waals surface area contributed by atoms with E-state index in [4.69, 9.17) is 5.73 Å². The first-order valence-electron chi connectivity index (χ1n) is 4.35. The van der Waals surface area contributed by atoms with E-state index in [1.54, 1.807) is 0 Å². The van der Waals surface area contributed by atoms with Crippen LogP contribution in [0.4, 0.5) is 27.6 Å². The molecule has 0 saturated carbocycles. The van der Waals surface area contributed by atoms with Crippen LogP contribution in [0.2, 0.25) is 0 Å². The highest BCUT2D eigenvalue weighted by Crippen LogP contribution is 2.32. The lowest BCUT2D eigenvalue weighted by atomic mass is 10.2. The molecular weight excluding hydrogens is 265 g/mol. The van der Waals surface area contributed by atoms with E-state index in [0.29, 0.717) is 12.1 Å². The minimum atomic E-state index is -4.57. The number of nitrogen functional groups attached to an aromatic ring is 1. The number of alkyl halides is 5. The van der Waals surface area contributed by atoms with E-state index in [0.717, 1.165) is 6.07 Å². The van der Waals surface area contributed by atoms with Crippen molar-refractivity contribution in [2.24, 2.45) is 0 Å². The molecule has 0 fully saturated rings. The smallest absolute Gasteiger partial charge is 0.398 e. The molecule has 0 radical (unpaired) electrons. The van der Waals surface area contributed by atoms with Gasteiger partial charge in [0.05, 0.1) is 27.0 Å². The molecule has 96 valence electrons. The van der Waals surface area contributed by atoms with Crippen molar-refractivity contribution in [2.45, 2.75) is 17.5 Å². The Bertz CT molecular complexity index is 432. The lowest BCUT2D eigenvalue weighted by Gasteiger charge is -2.10. The predicted octanol–water partition coefficient (Wildman–Crippen LogP) is 2.66. The molecule has 1 unspecified atom stereocenters. The van der Waals surface area contributed by atoms with Crippen LogP contribution in [0.5, 0.6) is 0 Å². The summed E-state index contributed by atoms with van der Waals surface area (Å²) < 4.78 is 72.0. The normalized spacial score (nSPS) is 14.0. The molecular formula is C9H8F5NOS. The Morgan fingerprint density at radius 3 is 2.29 bits per heavy atom. The van der Waals surface area contributed by atoms with Gasteiger partial charge in [-0.25, -0.2) is 8.78 Å². The van der Waals surface area contributed by atoms with Gasteiger partial charge >= 0.3 is 6.18 Å². The second-order valence-corrected chi connectivity index (χ2v) is 4.62. The molecule has 0 heterocycles. The topological polar surface area (TPSA) is 43.1 Å². The maximum atomic E-state index is 12.3. The zero-order chi connectivity index (χ0) is 13.2. The molecule has 8 heteroatoms. The molecule has 0 bridgehead atoms. The second-order valence-electron chi connectivity index (χ2n) is 3.15. The molecule has 17 heavy (non-hydrogen) atoms. The van der Waals surface area contributed by atoms with Crippen molar-refractivity contribution in [2.75, 3.05) is 11.5 Å². The van der Waals surface area contributed by atoms with Crippen LogP contribution in [0.1, 0.15) is 5.56 Å². The van der Waals surface area contributed by atoms with Crippen LogP contribution in [0.3, 0.4) is 0 Å². The Kier molecular flexibility index (Phi) is 4.07. The summed E-state index contributed by atoms with van der Waals surface area (Å²) in [6.45, 7) is 0. The van der Waals surface area contributed by atoms with Crippen molar-refractivity contribution < 1.29 is 26.2 Å². The summed E-state index contributed by atoms with van der Waals surface area (Å²) in [7, 11) is -2.10. The minimum Gasteiger partial charge on any atom is -0.398 e. The third kappa shape index (κ3) is 3.65. The average Bonchev–Trinajstić information content (AvgIpc) is 2.14. The van der Waals surface area contributed by atoms with Gasteiger partial charge in [-0.05, 0) is 18.2 Å². The van der Waals surface area contributed by atoms with E-state index in [1.807, 2.05) is 0 Å². The molecule has 0 saturated heterocycles. The van der Waals surface area contributed by atoms with E-state index >= 15 is 0 Å². The third-order valence-corrected chi connectivity index (χ3v) is 3.28. The Hall–Kier alpha value is -1.18. The Balaban J connectivity index is 3.02. The first kappa shape index (κ1) is 13.9. The van der Waals surface area contributed by atoms with Crippen molar-refractivity contribution in [1.82, 2.24) is 0 Å². The van der Waals surface area contributed by atoms with Crippen molar-refractivity contribution in [3.63, 3.8) is 0 Å². The highest BCUT2D eigenvalue weighted by Gasteiger charge is 2.31. The average molecular weight is 273 g/mol. The summed E-state index contributed by atoms with van der Waals surface area (Å²) in [5, 5.41) is 0. The first-order chi connectivity index (χ1) is 7.71. The number of nitrogens with two attached hydrogens (primary N) is 1.